The van der Waals surface area contributed by atoms with Gasteiger partial charge in [0.15, 0.2) is 0 Å². The second-order valence-electron chi connectivity index (χ2n) is 3.56. The molecule has 1 N–H and O–H groups in total. The largest absolute Gasteiger partial charge is 0.508 e. The van der Waals surface area contributed by atoms with Crippen LogP contribution in [0.4, 0.5) is 0 Å². The molecule has 0 aromatic heterocycles. The quantitative estimate of drug-likeness (QED) is 0.710. The van der Waals surface area contributed by atoms with Crippen LogP contribution in [0.2, 0.25) is 0 Å². The highest BCUT2D eigenvalue weighted by molar-refractivity contribution is 5.96. The van der Waals surface area contributed by atoms with Gasteiger partial charge in [0.05, 0.1) is 7.11 Å². The minimum Gasteiger partial charge on any atom is -0.508 e. The first-order valence-corrected chi connectivity index (χ1v) is 4.73. The molecule has 0 radical (unpaired) electrons. The van der Waals surface area contributed by atoms with Gasteiger partial charge in [-0.25, -0.2) is 4.79 Å². The van der Waals surface area contributed by atoms with Gasteiger partial charge in [-0.3, -0.25) is 0 Å². The fourth-order valence-corrected chi connectivity index (χ4v) is 1.79. The molecule has 4 nitrogen and oxygen atoms in total. The third kappa shape index (κ3) is 1.52. The number of hydrogen-bond donors (Lipinski definition) is 1. The van der Waals surface area contributed by atoms with Crippen LogP contribution in [0, 0.1) is 0 Å². The van der Waals surface area contributed by atoms with Gasteiger partial charge >= 0.3 is 5.97 Å². The van der Waals surface area contributed by atoms with Gasteiger partial charge in [-0.1, -0.05) is 0 Å². The smallest absolute Gasteiger partial charge is 0.342 e. The van der Waals surface area contributed by atoms with Gasteiger partial charge in [-0.05, 0) is 19.1 Å². The maximum Gasteiger partial charge on any atom is 0.342 e. The summed E-state index contributed by atoms with van der Waals surface area (Å²) in [5, 5.41) is 9.65. The molecule has 0 fully saturated rings. The number of aromatic hydroxyl groups is 1. The third-order valence-corrected chi connectivity index (χ3v) is 2.47. The van der Waals surface area contributed by atoms with E-state index >= 15 is 0 Å². The van der Waals surface area contributed by atoms with Crippen molar-refractivity contribution in [2.45, 2.75) is 19.4 Å². The van der Waals surface area contributed by atoms with Crippen molar-refractivity contribution >= 4 is 5.97 Å². The molecule has 2 rings (SSSR count). The van der Waals surface area contributed by atoms with E-state index in [1.165, 1.54) is 13.2 Å². The Morgan fingerprint density at radius 2 is 2.27 bits per heavy atom. The Labute approximate surface area is 87.4 Å². The molecule has 0 saturated heterocycles. The van der Waals surface area contributed by atoms with Crippen molar-refractivity contribution in [3.8, 4) is 11.5 Å². The van der Waals surface area contributed by atoms with E-state index in [0.29, 0.717) is 23.3 Å². The summed E-state index contributed by atoms with van der Waals surface area (Å²) >= 11 is 0. The topological polar surface area (TPSA) is 55.8 Å². The number of cyclic esters (lactones) is 1. The number of esters is 1. The Bertz CT molecular complexity index is 411. The van der Waals surface area contributed by atoms with Crippen molar-refractivity contribution in [2.75, 3.05) is 7.11 Å². The monoisotopic (exact) mass is 208 g/mol. The van der Waals surface area contributed by atoms with E-state index in [1.807, 2.05) is 0 Å². The lowest BCUT2D eigenvalue weighted by atomic mass is 9.97. The van der Waals surface area contributed by atoms with Gasteiger partial charge in [-0.15, -0.1) is 0 Å². The Hall–Kier alpha value is -1.71. The third-order valence-electron chi connectivity index (χ3n) is 2.47. The summed E-state index contributed by atoms with van der Waals surface area (Å²) in [6.45, 7) is 1.79. The van der Waals surface area contributed by atoms with E-state index in [1.54, 1.807) is 13.0 Å². The number of carbonyl (C=O) groups is 1. The predicted octanol–water partition coefficient (Wildman–Crippen LogP) is 1.50. The number of rotatable bonds is 1. The number of methoxy groups -OCH3 is 1. The highest BCUT2D eigenvalue weighted by atomic mass is 16.5. The fourth-order valence-electron chi connectivity index (χ4n) is 1.79. The first kappa shape index (κ1) is 9.83. The Kier molecular flexibility index (Phi) is 2.26. The summed E-state index contributed by atoms with van der Waals surface area (Å²) in [5.41, 5.74) is 0.953. The number of phenolic OH excluding ortho intramolecular Hbond substituents is 1. The molecule has 1 atom stereocenters. The van der Waals surface area contributed by atoms with Crippen LogP contribution in [0.25, 0.3) is 0 Å². The Balaban J connectivity index is 2.61. The van der Waals surface area contributed by atoms with Crippen molar-refractivity contribution in [2.24, 2.45) is 0 Å². The lowest BCUT2D eigenvalue weighted by Gasteiger charge is -2.23. The average Bonchev–Trinajstić information content (AvgIpc) is 2.19. The molecule has 4 heteroatoms. The van der Waals surface area contributed by atoms with Crippen LogP contribution in [-0.2, 0) is 11.2 Å². The normalized spacial score (nSPS) is 19.3. The number of ether oxygens (including phenoxy) is 2. The summed E-state index contributed by atoms with van der Waals surface area (Å²) in [6.07, 6.45) is 0.312. The minimum absolute atomic E-state index is 0.120. The zero-order valence-electron chi connectivity index (χ0n) is 8.61. The van der Waals surface area contributed by atoms with Crippen LogP contribution >= 0.6 is 0 Å². The second kappa shape index (κ2) is 3.46. The van der Waals surface area contributed by atoms with E-state index in [9.17, 15) is 9.90 Å². The number of hydrogen-bond acceptors (Lipinski definition) is 4. The molecular formula is C11H12O4. The molecule has 80 valence electrons. The van der Waals surface area contributed by atoms with Crippen LogP contribution in [0.5, 0.6) is 11.5 Å². The van der Waals surface area contributed by atoms with E-state index in [-0.39, 0.29) is 11.9 Å². The van der Waals surface area contributed by atoms with Crippen LogP contribution in [0.1, 0.15) is 22.8 Å². The van der Waals surface area contributed by atoms with Crippen molar-refractivity contribution in [1.29, 1.82) is 0 Å². The Morgan fingerprint density at radius 1 is 1.53 bits per heavy atom. The van der Waals surface area contributed by atoms with Crippen molar-refractivity contribution in [1.82, 2.24) is 0 Å². The first-order valence-electron chi connectivity index (χ1n) is 4.73. The van der Waals surface area contributed by atoms with Gasteiger partial charge in [0.2, 0.25) is 0 Å². The van der Waals surface area contributed by atoms with Crippen molar-refractivity contribution in [3.63, 3.8) is 0 Å². The molecule has 1 aliphatic heterocycles. The lowest BCUT2D eigenvalue weighted by Crippen LogP contribution is -2.25. The summed E-state index contributed by atoms with van der Waals surface area (Å²) < 4.78 is 10.1. The Morgan fingerprint density at radius 3 is 2.93 bits per heavy atom. The molecule has 0 spiro atoms. The van der Waals surface area contributed by atoms with Crippen molar-refractivity contribution < 1.29 is 19.4 Å². The molecule has 0 aliphatic carbocycles. The lowest BCUT2D eigenvalue weighted by molar-refractivity contribution is 0.0293. The van der Waals surface area contributed by atoms with Gasteiger partial charge in [-0.2, -0.15) is 0 Å². The van der Waals surface area contributed by atoms with E-state index in [0.717, 1.165) is 0 Å². The van der Waals surface area contributed by atoms with Crippen LogP contribution < -0.4 is 4.74 Å². The number of carbonyl (C=O) groups excluding carboxylic acids is 1. The van der Waals surface area contributed by atoms with Gasteiger partial charge in [0.1, 0.15) is 23.2 Å². The summed E-state index contributed by atoms with van der Waals surface area (Å²) in [6, 6.07) is 3.09. The van der Waals surface area contributed by atoms with Gasteiger partial charge in [0, 0.05) is 12.0 Å². The average molecular weight is 208 g/mol. The molecule has 0 amide bonds. The van der Waals surface area contributed by atoms with E-state index in [2.05, 4.69) is 0 Å². The number of phenols is 1. The van der Waals surface area contributed by atoms with Gasteiger partial charge in [0.25, 0.3) is 0 Å². The number of fused-ring (bicyclic) bond motifs is 1. The van der Waals surface area contributed by atoms with E-state index < -0.39 is 5.97 Å². The standard InChI is InChI=1S/C11H12O4/c1-6-5-7-8(12)3-4-9(14-2)10(7)11(13)15-6/h3-4,6,12H,5H2,1-2H3/t6-/m0/s1. The maximum absolute atomic E-state index is 11.6. The van der Waals surface area contributed by atoms with Gasteiger partial charge < -0.3 is 14.6 Å². The van der Waals surface area contributed by atoms with Crippen LogP contribution in [0.15, 0.2) is 12.1 Å². The molecule has 15 heavy (non-hydrogen) atoms. The van der Waals surface area contributed by atoms with Crippen molar-refractivity contribution in [3.05, 3.63) is 23.3 Å². The highest BCUT2D eigenvalue weighted by Crippen LogP contribution is 2.34. The molecule has 1 aromatic rings. The zero-order valence-corrected chi connectivity index (χ0v) is 8.61. The van der Waals surface area contributed by atoms with E-state index in [4.69, 9.17) is 9.47 Å². The molecule has 1 aromatic carbocycles. The molecule has 1 aliphatic rings. The molecule has 0 bridgehead atoms. The van der Waals surface area contributed by atoms with Crippen LogP contribution in [0.3, 0.4) is 0 Å². The van der Waals surface area contributed by atoms with Crippen LogP contribution in [-0.4, -0.2) is 24.3 Å². The molecule has 0 unspecified atom stereocenters. The molecular weight excluding hydrogens is 196 g/mol. The fraction of sp³-hybridized carbons (Fsp3) is 0.364. The first-order chi connectivity index (χ1) is 7.13. The molecule has 0 saturated carbocycles. The SMILES string of the molecule is COc1ccc(O)c2c1C(=O)O[C@@H](C)C2. The molecule has 1 heterocycles. The number of benzene rings is 1. The zero-order chi connectivity index (χ0) is 11.0. The summed E-state index contributed by atoms with van der Waals surface area (Å²) in [5.74, 6) is 0.130. The highest BCUT2D eigenvalue weighted by Gasteiger charge is 2.29. The minimum atomic E-state index is -0.434. The summed E-state index contributed by atoms with van der Waals surface area (Å²) in [4.78, 5) is 11.6. The maximum atomic E-state index is 11.6. The summed E-state index contributed by atoms with van der Waals surface area (Å²) in [7, 11) is 1.48. The second-order valence-corrected chi connectivity index (χ2v) is 3.56. The predicted molar refractivity (Wildman–Crippen MR) is 53.2 cm³/mol.